The van der Waals surface area contributed by atoms with Crippen LogP contribution in [0.3, 0.4) is 0 Å². The molecule has 1 aliphatic rings. The standard InChI is InChI=1S/C14H25N3O4/c1-10(18)16-8-4-2-6-11(15)13(19)17-9-5-3-7-12(17)14(20)21/h11-12H,2-9,15H2,1H3,(H,16,18)(H,20,21)/t11-,12-/m0/s1. The number of hydrogen-bond donors (Lipinski definition) is 3. The minimum Gasteiger partial charge on any atom is -0.480 e. The fourth-order valence-corrected chi connectivity index (χ4v) is 2.54. The molecule has 2 amide bonds. The van der Waals surface area contributed by atoms with Gasteiger partial charge < -0.3 is 21.1 Å². The van der Waals surface area contributed by atoms with Crippen LogP contribution in [0.5, 0.6) is 0 Å². The van der Waals surface area contributed by atoms with Gasteiger partial charge in [0.2, 0.25) is 11.8 Å². The quantitative estimate of drug-likeness (QED) is 0.576. The molecule has 0 spiro atoms. The number of aliphatic carboxylic acids is 1. The van der Waals surface area contributed by atoms with E-state index in [1.807, 2.05) is 0 Å². The lowest BCUT2D eigenvalue weighted by molar-refractivity contribution is -0.152. The molecule has 1 rings (SSSR count). The highest BCUT2D eigenvalue weighted by atomic mass is 16.4. The molecule has 0 aromatic carbocycles. The van der Waals surface area contributed by atoms with Crippen molar-refractivity contribution in [1.82, 2.24) is 10.2 Å². The Labute approximate surface area is 124 Å². The number of nitrogens with zero attached hydrogens (tertiary/aromatic N) is 1. The van der Waals surface area contributed by atoms with Gasteiger partial charge in [-0.05, 0) is 38.5 Å². The van der Waals surface area contributed by atoms with E-state index in [0.717, 1.165) is 25.7 Å². The second kappa shape index (κ2) is 8.61. The smallest absolute Gasteiger partial charge is 0.326 e. The van der Waals surface area contributed by atoms with E-state index in [1.54, 1.807) is 0 Å². The van der Waals surface area contributed by atoms with E-state index in [4.69, 9.17) is 10.8 Å². The molecule has 1 saturated heterocycles. The zero-order valence-electron chi connectivity index (χ0n) is 12.5. The first-order valence-electron chi connectivity index (χ1n) is 7.46. The van der Waals surface area contributed by atoms with Crippen molar-refractivity contribution < 1.29 is 19.5 Å². The van der Waals surface area contributed by atoms with Gasteiger partial charge in [0.25, 0.3) is 0 Å². The van der Waals surface area contributed by atoms with Gasteiger partial charge in [-0.15, -0.1) is 0 Å². The van der Waals surface area contributed by atoms with Crippen LogP contribution in [0.2, 0.25) is 0 Å². The largest absolute Gasteiger partial charge is 0.480 e. The van der Waals surface area contributed by atoms with Crippen molar-refractivity contribution >= 4 is 17.8 Å². The van der Waals surface area contributed by atoms with Gasteiger partial charge in [-0.2, -0.15) is 0 Å². The van der Waals surface area contributed by atoms with Gasteiger partial charge in [0.05, 0.1) is 6.04 Å². The molecule has 0 bridgehead atoms. The first-order chi connectivity index (χ1) is 9.93. The van der Waals surface area contributed by atoms with E-state index in [2.05, 4.69) is 5.32 Å². The van der Waals surface area contributed by atoms with Crippen molar-refractivity contribution in [1.29, 1.82) is 0 Å². The summed E-state index contributed by atoms with van der Waals surface area (Å²) in [6.07, 6.45) is 4.12. The minimum absolute atomic E-state index is 0.0759. The average Bonchev–Trinajstić information content (AvgIpc) is 2.45. The van der Waals surface area contributed by atoms with Gasteiger partial charge in [-0.1, -0.05) is 0 Å². The third kappa shape index (κ3) is 5.71. The maximum Gasteiger partial charge on any atom is 0.326 e. The topological polar surface area (TPSA) is 113 Å². The van der Waals surface area contributed by atoms with E-state index in [-0.39, 0.29) is 11.8 Å². The van der Waals surface area contributed by atoms with Gasteiger partial charge in [-0.25, -0.2) is 4.79 Å². The van der Waals surface area contributed by atoms with Crippen LogP contribution in [0, 0.1) is 0 Å². The maximum absolute atomic E-state index is 12.3. The zero-order chi connectivity index (χ0) is 15.8. The van der Waals surface area contributed by atoms with Crippen molar-refractivity contribution in [2.75, 3.05) is 13.1 Å². The number of rotatable bonds is 7. The molecule has 1 fully saturated rings. The zero-order valence-corrected chi connectivity index (χ0v) is 12.5. The van der Waals surface area contributed by atoms with Crippen LogP contribution in [-0.4, -0.2) is 53.0 Å². The van der Waals surface area contributed by atoms with E-state index in [0.29, 0.717) is 25.9 Å². The average molecular weight is 299 g/mol. The van der Waals surface area contributed by atoms with E-state index < -0.39 is 18.1 Å². The van der Waals surface area contributed by atoms with Gasteiger partial charge in [0.1, 0.15) is 6.04 Å². The summed E-state index contributed by atoms with van der Waals surface area (Å²) < 4.78 is 0. The van der Waals surface area contributed by atoms with Crippen LogP contribution in [-0.2, 0) is 14.4 Å². The second-order valence-corrected chi connectivity index (χ2v) is 5.47. The molecule has 0 unspecified atom stereocenters. The van der Waals surface area contributed by atoms with Gasteiger partial charge in [0.15, 0.2) is 0 Å². The molecule has 4 N–H and O–H groups in total. The molecule has 0 aromatic rings. The molecule has 120 valence electrons. The Morgan fingerprint density at radius 1 is 1.33 bits per heavy atom. The normalized spacial score (nSPS) is 19.9. The van der Waals surface area contributed by atoms with Crippen molar-refractivity contribution in [3.63, 3.8) is 0 Å². The number of carboxylic acid groups (broad SMARTS) is 1. The minimum atomic E-state index is -0.957. The Hall–Kier alpha value is -1.63. The number of carbonyl (C=O) groups is 3. The number of amides is 2. The highest BCUT2D eigenvalue weighted by molar-refractivity contribution is 5.87. The molecule has 21 heavy (non-hydrogen) atoms. The third-order valence-corrected chi connectivity index (χ3v) is 3.70. The Kier molecular flexibility index (Phi) is 7.14. The molecular weight excluding hydrogens is 274 g/mol. The summed E-state index contributed by atoms with van der Waals surface area (Å²) in [4.78, 5) is 35.5. The monoisotopic (exact) mass is 299 g/mol. The molecule has 7 heteroatoms. The molecule has 0 radical (unpaired) electrons. The molecule has 0 aliphatic carbocycles. The number of nitrogens with two attached hydrogens (primary N) is 1. The Morgan fingerprint density at radius 3 is 2.67 bits per heavy atom. The Bertz CT molecular complexity index is 386. The molecular formula is C14H25N3O4. The summed E-state index contributed by atoms with van der Waals surface area (Å²) in [5, 5.41) is 11.8. The van der Waals surface area contributed by atoms with Crippen LogP contribution in [0.15, 0.2) is 0 Å². The predicted molar refractivity (Wildman–Crippen MR) is 77.5 cm³/mol. The van der Waals surface area contributed by atoms with Crippen molar-refractivity contribution in [3.05, 3.63) is 0 Å². The summed E-state index contributed by atoms with van der Waals surface area (Å²) in [5.74, 6) is -1.31. The first-order valence-corrected chi connectivity index (χ1v) is 7.46. The van der Waals surface area contributed by atoms with Crippen LogP contribution in [0.1, 0.15) is 45.4 Å². The third-order valence-electron chi connectivity index (χ3n) is 3.70. The number of likely N-dealkylation sites (tertiary alicyclic amines) is 1. The molecule has 0 aromatic heterocycles. The molecule has 1 aliphatic heterocycles. The summed E-state index contributed by atoms with van der Waals surface area (Å²) in [6.45, 7) is 2.49. The lowest BCUT2D eigenvalue weighted by Gasteiger charge is -2.34. The van der Waals surface area contributed by atoms with Crippen molar-refractivity contribution in [2.24, 2.45) is 5.73 Å². The fraction of sp³-hybridized carbons (Fsp3) is 0.786. The van der Waals surface area contributed by atoms with E-state index in [1.165, 1.54) is 11.8 Å². The number of carbonyl (C=O) groups excluding carboxylic acids is 2. The summed E-state index contributed by atoms with van der Waals surface area (Å²) in [6, 6.07) is -1.40. The number of carboxylic acids is 1. The molecule has 0 saturated carbocycles. The van der Waals surface area contributed by atoms with Crippen molar-refractivity contribution in [3.8, 4) is 0 Å². The second-order valence-electron chi connectivity index (χ2n) is 5.47. The lowest BCUT2D eigenvalue weighted by Crippen LogP contribution is -2.53. The van der Waals surface area contributed by atoms with Gasteiger partial charge in [-0.3, -0.25) is 9.59 Å². The number of hydrogen-bond acceptors (Lipinski definition) is 4. The summed E-state index contributed by atoms with van der Waals surface area (Å²) >= 11 is 0. The summed E-state index contributed by atoms with van der Waals surface area (Å²) in [7, 11) is 0. The predicted octanol–water partition coefficient (Wildman–Crippen LogP) is 0.0858. The van der Waals surface area contributed by atoms with E-state index in [9.17, 15) is 14.4 Å². The van der Waals surface area contributed by atoms with Crippen LogP contribution in [0.25, 0.3) is 0 Å². The van der Waals surface area contributed by atoms with Crippen LogP contribution >= 0.6 is 0 Å². The SMILES string of the molecule is CC(=O)NCCCC[C@H](N)C(=O)N1CCCC[C@H]1C(=O)O. The van der Waals surface area contributed by atoms with Gasteiger partial charge >= 0.3 is 5.97 Å². The fourth-order valence-electron chi connectivity index (χ4n) is 2.54. The maximum atomic E-state index is 12.3. The molecule has 1 heterocycles. The first kappa shape index (κ1) is 17.4. The Balaban J connectivity index is 2.38. The van der Waals surface area contributed by atoms with Gasteiger partial charge in [0, 0.05) is 20.0 Å². The summed E-state index contributed by atoms with van der Waals surface area (Å²) in [5.41, 5.74) is 5.88. The van der Waals surface area contributed by atoms with Crippen LogP contribution in [0.4, 0.5) is 0 Å². The number of unbranched alkanes of at least 4 members (excludes halogenated alkanes) is 1. The number of nitrogens with one attached hydrogen (secondary N) is 1. The highest BCUT2D eigenvalue weighted by Crippen LogP contribution is 2.18. The molecule has 2 atom stereocenters. The number of piperidine rings is 1. The highest BCUT2D eigenvalue weighted by Gasteiger charge is 2.33. The lowest BCUT2D eigenvalue weighted by atomic mass is 10.00. The van der Waals surface area contributed by atoms with Crippen molar-refractivity contribution in [2.45, 2.75) is 57.5 Å². The van der Waals surface area contributed by atoms with E-state index >= 15 is 0 Å². The van der Waals surface area contributed by atoms with Crippen LogP contribution < -0.4 is 11.1 Å². The molecule has 7 nitrogen and oxygen atoms in total. The Morgan fingerprint density at radius 2 is 2.05 bits per heavy atom.